The Hall–Kier alpha value is -5.06. The first-order valence-electron chi connectivity index (χ1n) is 22.9. The maximum absolute atomic E-state index is 13.5. The highest BCUT2D eigenvalue weighted by Crippen LogP contribution is 2.34. The minimum atomic E-state index is -0.282. The fourth-order valence-electron chi connectivity index (χ4n) is 7.46. The molecule has 10 nitrogen and oxygen atoms in total. The number of fused-ring (bicyclic) bond motifs is 6. The van der Waals surface area contributed by atoms with E-state index in [0.717, 1.165) is 113 Å². The molecule has 0 saturated carbocycles. The lowest BCUT2D eigenvalue weighted by Crippen LogP contribution is -1.92. The van der Waals surface area contributed by atoms with E-state index in [9.17, 15) is 4.39 Å². The maximum Gasteiger partial charge on any atom is 0.138 e. The number of aryl methyl sites for hydroxylation is 11. The van der Waals surface area contributed by atoms with E-state index in [1.807, 2.05) is 132 Å². The molecule has 0 unspecified atom stereocenters. The predicted octanol–water partition coefficient (Wildman–Crippen LogP) is 18.2. The fourth-order valence-corrected chi connectivity index (χ4v) is 10.9. The molecule has 0 amide bonds. The molecule has 0 aliphatic heterocycles. The van der Waals surface area contributed by atoms with Gasteiger partial charge in [-0.25, -0.2) is 14.4 Å². The number of aromatic nitrogens is 10. The third-order valence-corrected chi connectivity index (χ3v) is 17.1. The Morgan fingerprint density at radius 2 is 0.919 bits per heavy atom. The summed E-state index contributed by atoms with van der Waals surface area (Å²) in [7, 11) is 5.39. The highest BCUT2D eigenvalue weighted by Gasteiger charge is 2.14. The van der Waals surface area contributed by atoms with Crippen molar-refractivity contribution in [1.29, 1.82) is 0 Å². The van der Waals surface area contributed by atoms with E-state index in [4.69, 9.17) is 81.2 Å². The first-order chi connectivity index (χ1) is 35.1. The molecule has 6 aromatic heterocycles. The van der Waals surface area contributed by atoms with Crippen LogP contribution < -0.4 is 0 Å². The van der Waals surface area contributed by atoms with Crippen LogP contribution in [-0.2, 0) is 27.7 Å². The number of rotatable bonds is 1. The second-order valence-corrected chi connectivity index (χ2v) is 21.9. The van der Waals surface area contributed by atoms with Gasteiger partial charge in [0.15, 0.2) is 0 Å². The van der Waals surface area contributed by atoms with Gasteiger partial charge in [0.05, 0.1) is 88.9 Å². The summed E-state index contributed by atoms with van der Waals surface area (Å²) in [6.45, 7) is 16.6. The molecule has 74 heavy (non-hydrogen) atoms. The minimum Gasteiger partial charge on any atom is -0.275 e. The fraction of sp³-hybridized carbons (Fsp3) is 0.222. The summed E-state index contributed by atoms with van der Waals surface area (Å²) in [6.07, 6.45) is 3.93. The van der Waals surface area contributed by atoms with Gasteiger partial charge in [-0.1, -0.05) is 118 Å². The molecule has 0 aliphatic carbocycles. The summed E-state index contributed by atoms with van der Waals surface area (Å²) >= 11 is 45.6. The maximum atomic E-state index is 13.5. The zero-order chi connectivity index (χ0) is 53.9. The number of hydrogen-bond donors (Lipinski definition) is 0. The lowest BCUT2D eigenvalue weighted by molar-refractivity contribution is 0.630. The molecule has 0 bridgehead atoms. The number of nitrogens with zero attached hydrogens (tertiary/aromatic N) is 10. The van der Waals surface area contributed by atoms with E-state index in [0.29, 0.717) is 31.8 Å². The molecule has 384 valence electrons. The van der Waals surface area contributed by atoms with Gasteiger partial charge in [-0.2, -0.15) is 20.4 Å². The number of benzene rings is 6. The molecule has 6 aromatic carbocycles. The lowest BCUT2D eigenvalue weighted by Gasteiger charge is -1.97. The summed E-state index contributed by atoms with van der Waals surface area (Å²) in [4.78, 5) is 8.50. The van der Waals surface area contributed by atoms with Crippen molar-refractivity contribution in [1.82, 2.24) is 49.1 Å². The van der Waals surface area contributed by atoms with Crippen molar-refractivity contribution < 1.29 is 4.39 Å². The highest BCUT2D eigenvalue weighted by atomic mass is 35.5. The Morgan fingerprint density at radius 3 is 1.50 bits per heavy atom. The monoisotopic (exact) mass is 1170 g/mol. The van der Waals surface area contributed by atoms with Crippen molar-refractivity contribution >= 4 is 168 Å². The van der Waals surface area contributed by atoms with Crippen molar-refractivity contribution in [3.8, 4) is 0 Å². The molecule has 12 aromatic rings. The van der Waals surface area contributed by atoms with Gasteiger partial charge in [-0.3, -0.25) is 18.7 Å². The zero-order valence-electron chi connectivity index (χ0n) is 42.2. The molecular formula is C54H50Cl7FN10S2. The number of halogens is 8. The molecule has 6 heterocycles. The molecule has 0 fully saturated rings. The number of hydrogen-bond acceptors (Lipinski definition) is 8. The quantitative estimate of drug-likeness (QED) is 0.162. The third kappa shape index (κ3) is 12.4. The largest absolute Gasteiger partial charge is 0.275 e. The van der Waals surface area contributed by atoms with Crippen molar-refractivity contribution in [2.75, 3.05) is 0 Å². The molecule has 0 spiro atoms. The Kier molecular flexibility index (Phi) is 18.6. The molecule has 0 N–H and O–H groups in total. The Labute approximate surface area is 471 Å². The molecule has 0 radical (unpaired) electrons. The van der Waals surface area contributed by atoms with Crippen LogP contribution in [0.1, 0.15) is 45.3 Å². The van der Waals surface area contributed by atoms with Crippen LogP contribution in [0.2, 0.25) is 35.4 Å². The molecular weight excluding hydrogens is 1120 g/mol. The van der Waals surface area contributed by atoms with E-state index in [2.05, 4.69) is 37.3 Å². The van der Waals surface area contributed by atoms with Gasteiger partial charge in [0.25, 0.3) is 0 Å². The zero-order valence-corrected chi connectivity index (χ0v) is 49.1. The molecule has 0 aliphatic rings. The summed E-state index contributed by atoms with van der Waals surface area (Å²) in [5, 5.41) is 26.2. The van der Waals surface area contributed by atoms with Gasteiger partial charge >= 0.3 is 0 Å². The molecule has 0 saturated heterocycles. The van der Waals surface area contributed by atoms with Crippen LogP contribution in [0.25, 0.3) is 64.0 Å². The van der Waals surface area contributed by atoms with Crippen molar-refractivity contribution in [3.05, 3.63) is 170 Å². The first kappa shape index (κ1) is 56.7. The average Bonchev–Trinajstić information content (AvgIpc) is 4.25. The van der Waals surface area contributed by atoms with Gasteiger partial charge in [-0.15, -0.1) is 22.7 Å². The van der Waals surface area contributed by atoms with Crippen LogP contribution in [0.4, 0.5) is 4.39 Å². The standard InChI is InChI=1S/C10H11ClN2.C9H8Cl2N2.C9H8ClFN2.C9H9ClN2.C9H8ClNS.C8H6ClNS/c1-3-13-6-8-9(12-13)5-4-7(2)10(8)11;1-5-3-4-6-7(8(5)10)9(11)13(2)12-6;1-5-3-4-6-7(8(5)11)9(10)13(2)12-6;1-6-3-4-8-7(9(6)10)5-12(2)11-8;1-5-3-4-7-9(8(5)10)12-6(2)11-7;1-5-2-3-6-8(7(5)9)11-4-10-6/h4-6H,3H2,1-2H3;2*3-4H,1-2H3;3-5H,1-2H3;3-4H,1-2H3;2-4H,1H3. The summed E-state index contributed by atoms with van der Waals surface area (Å²) in [5.74, 6) is -0.282. The Balaban J connectivity index is 0.000000130. The summed E-state index contributed by atoms with van der Waals surface area (Å²) in [5.41, 5.74) is 13.2. The van der Waals surface area contributed by atoms with Crippen LogP contribution >= 0.6 is 104 Å². The van der Waals surface area contributed by atoms with Crippen LogP contribution in [0.5, 0.6) is 0 Å². The molecule has 0 atom stereocenters. The van der Waals surface area contributed by atoms with Crippen molar-refractivity contribution in [2.45, 2.75) is 61.9 Å². The van der Waals surface area contributed by atoms with Gasteiger partial charge in [0.2, 0.25) is 0 Å². The van der Waals surface area contributed by atoms with Crippen LogP contribution in [0.15, 0.2) is 90.7 Å². The van der Waals surface area contributed by atoms with E-state index < -0.39 is 0 Å². The SMILES string of the molecule is CCn1cc2c(Cl)c(C)ccc2n1.Cc1ccc2ncsc2c1Cl.Cc1ccc2nn(C)c(Cl)c2c1Cl.Cc1ccc2nn(C)c(Cl)c2c1F.Cc1ccc2nn(C)cc2c1Cl.Cc1nc2ccc(C)c(Cl)c2s1. The van der Waals surface area contributed by atoms with Crippen molar-refractivity contribution in [3.63, 3.8) is 0 Å². The lowest BCUT2D eigenvalue weighted by atomic mass is 10.2. The van der Waals surface area contributed by atoms with E-state index >= 15 is 0 Å². The van der Waals surface area contributed by atoms with E-state index in [1.165, 1.54) is 4.68 Å². The molecule has 12 rings (SSSR count). The minimum absolute atomic E-state index is 0.282. The normalized spacial score (nSPS) is 11.0. The second kappa shape index (κ2) is 24.3. The van der Waals surface area contributed by atoms with Gasteiger partial charge in [-0.05, 0) is 125 Å². The second-order valence-electron chi connectivity index (χ2n) is 17.2. The first-order valence-corrected chi connectivity index (χ1v) is 27.2. The topological polar surface area (TPSA) is 97.1 Å². The summed E-state index contributed by atoms with van der Waals surface area (Å²) < 4.78 is 22.5. The van der Waals surface area contributed by atoms with Gasteiger partial charge in [0.1, 0.15) is 16.1 Å². The van der Waals surface area contributed by atoms with Crippen LogP contribution in [-0.4, -0.2) is 49.1 Å². The van der Waals surface area contributed by atoms with E-state index in [-0.39, 0.29) is 5.82 Å². The number of thiazole rings is 2. The van der Waals surface area contributed by atoms with Crippen LogP contribution in [0.3, 0.4) is 0 Å². The average molecular weight is 1170 g/mol. The van der Waals surface area contributed by atoms with Gasteiger partial charge < -0.3 is 0 Å². The summed E-state index contributed by atoms with van der Waals surface area (Å²) in [6, 6.07) is 23.3. The highest BCUT2D eigenvalue weighted by molar-refractivity contribution is 7.19. The predicted molar refractivity (Wildman–Crippen MR) is 315 cm³/mol. The van der Waals surface area contributed by atoms with Gasteiger partial charge in [0, 0.05) is 50.9 Å². The molecule has 20 heteroatoms. The van der Waals surface area contributed by atoms with Crippen molar-refractivity contribution in [2.24, 2.45) is 21.1 Å². The Bertz CT molecular complexity index is 3810. The Morgan fingerprint density at radius 1 is 0.473 bits per heavy atom. The smallest absolute Gasteiger partial charge is 0.138 e. The van der Waals surface area contributed by atoms with Crippen LogP contribution in [0, 0.1) is 54.3 Å². The third-order valence-electron chi connectivity index (χ3n) is 11.7. The van der Waals surface area contributed by atoms with E-state index in [1.54, 1.807) is 65.2 Å².